The topological polar surface area (TPSA) is 52.6 Å². The first-order valence-corrected chi connectivity index (χ1v) is 7.36. The lowest BCUT2D eigenvalue weighted by Crippen LogP contribution is -2.41. The Bertz CT molecular complexity index is 462. The zero-order valence-corrected chi connectivity index (χ0v) is 12.3. The predicted molar refractivity (Wildman–Crippen MR) is 80.9 cm³/mol. The first kappa shape index (κ1) is 14.9. The summed E-state index contributed by atoms with van der Waals surface area (Å²) in [4.78, 5) is 14.1. The lowest BCUT2D eigenvalue weighted by molar-refractivity contribution is -0.121. The molecule has 0 aliphatic carbocycles. The molecular weight excluding hydrogens is 252 g/mol. The van der Waals surface area contributed by atoms with E-state index in [9.17, 15) is 4.79 Å². The second-order valence-corrected chi connectivity index (χ2v) is 5.61. The number of nitrogens with zero attached hydrogens (tertiary/aromatic N) is 1. The number of anilines is 1. The van der Waals surface area contributed by atoms with Crippen LogP contribution in [-0.4, -0.2) is 36.2 Å². The Morgan fingerprint density at radius 3 is 3.00 bits per heavy atom. The number of para-hydroxylation sites is 1. The van der Waals surface area contributed by atoms with Crippen molar-refractivity contribution in [2.45, 2.75) is 45.2 Å². The van der Waals surface area contributed by atoms with Crippen molar-refractivity contribution in [1.82, 2.24) is 5.32 Å². The van der Waals surface area contributed by atoms with Gasteiger partial charge in [-0.1, -0.05) is 18.2 Å². The van der Waals surface area contributed by atoms with Gasteiger partial charge >= 0.3 is 0 Å². The van der Waals surface area contributed by atoms with Crippen molar-refractivity contribution in [3.8, 4) is 0 Å². The second-order valence-electron chi connectivity index (χ2n) is 5.61. The minimum Gasteiger partial charge on any atom is -0.394 e. The lowest BCUT2D eigenvalue weighted by Gasteiger charge is -2.37. The van der Waals surface area contributed by atoms with Crippen molar-refractivity contribution >= 4 is 11.6 Å². The molecule has 1 amide bonds. The van der Waals surface area contributed by atoms with Gasteiger partial charge in [-0.15, -0.1) is 0 Å². The van der Waals surface area contributed by atoms with Crippen LogP contribution in [0.4, 0.5) is 5.69 Å². The first-order chi connectivity index (χ1) is 9.61. The standard InChI is InChI=1S/C16H24N2O2/c1-12(11-19)17-16(20)9-10-18-13(2)7-8-14-5-3-4-6-15(14)18/h3-6,12-13,19H,7-11H2,1-2H3,(H,17,20). The number of nitrogens with one attached hydrogen (secondary N) is 1. The lowest BCUT2D eigenvalue weighted by atomic mass is 9.96. The van der Waals surface area contributed by atoms with Gasteiger partial charge in [0.25, 0.3) is 0 Å². The van der Waals surface area contributed by atoms with Gasteiger partial charge in [0.15, 0.2) is 0 Å². The number of benzene rings is 1. The zero-order valence-electron chi connectivity index (χ0n) is 12.3. The summed E-state index contributed by atoms with van der Waals surface area (Å²) in [6.45, 7) is 4.72. The van der Waals surface area contributed by atoms with Crippen LogP contribution >= 0.6 is 0 Å². The Labute approximate surface area is 120 Å². The van der Waals surface area contributed by atoms with Crippen LogP contribution in [0.3, 0.4) is 0 Å². The first-order valence-electron chi connectivity index (χ1n) is 7.36. The highest BCUT2D eigenvalue weighted by Crippen LogP contribution is 2.30. The Balaban J connectivity index is 1.97. The molecule has 20 heavy (non-hydrogen) atoms. The molecule has 1 heterocycles. The molecule has 0 spiro atoms. The molecule has 2 atom stereocenters. The fourth-order valence-corrected chi connectivity index (χ4v) is 2.72. The molecule has 4 heteroatoms. The molecule has 1 aliphatic rings. The molecule has 0 saturated heterocycles. The van der Waals surface area contributed by atoms with Gasteiger partial charge in [0.1, 0.15) is 0 Å². The van der Waals surface area contributed by atoms with Crippen molar-refractivity contribution in [1.29, 1.82) is 0 Å². The number of aryl methyl sites for hydroxylation is 1. The largest absolute Gasteiger partial charge is 0.394 e. The van der Waals surface area contributed by atoms with E-state index in [1.54, 1.807) is 6.92 Å². The molecule has 2 rings (SSSR count). The average molecular weight is 276 g/mol. The molecule has 1 aromatic carbocycles. The Morgan fingerprint density at radius 1 is 1.50 bits per heavy atom. The summed E-state index contributed by atoms with van der Waals surface area (Å²) in [6, 6.07) is 8.73. The molecular formula is C16H24N2O2. The highest BCUT2D eigenvalue weighted by molar-refractivity contribution is 5.77. The summed E-state index contributed by atoms with van der Waals surface area (Å²) >= 11 is 0. The van der Waals surface area contributed by atoms with Crippen LogP contribution in [0.15, 0.2) is 24.3 Å². The van der Waals surface area contributed by atoms with Gasteiger partial charge in [0, 0.05) is 30.7 Å². The maximum absolute atomic E-state index is 11.8. The molecule has 0 saturated carbocycles. The van der Waals surface area contributed by atoms with Gasteiger partial charge in [-0.3, -0.25) is 4.79 Å². The Kier molecular flexibility index (Phi) is 5.01. The van der Waals surface area contributed by atoms with Crippen molar-refractivity contribution in [2.24, 2.45) is 0 Å². The fourth-order valence-electron chi connectivity index (χ4n) is 2.72. The molecule has 4 nitrogen and oxygen atoms in total. The number of aliphatic hydroxyl groups excluding tert-OH is 1. The monoisotopic (exact) mass is 276 g/mol. The van der Waals surface area contributed by atoms with Gasteiger partial charge < -0.3 is 15.3 Å². The number of fused-ring (bicyclic) bond motifs is 1. The quantitative estimate of drug-likeness (QED) is 0.861. The molecule has 1 aromatic rings. The van der Waals surface area contributed by atoms with E-state index in [2.05, 4.69) is 41.4 Å². The summed E-state index contributed by atoms with van der Waals surface area (Å²) in [5, 5.41) is 11.7. The maximum Gasteiger partial charge on any atom is 0.222 e. The summed E-state index contributed by atoms with van der Waals surface area (Å²) in [5.74, 6) is 0.00167. The van der Waals surface area contributed by atoms with Crippen molar-refractivity contribution in [2.75, 3.05) is 18.1 Å². The summed E-state index contributed by atoms with van der Waals surface area (Å²) in [7, 11) is 0. The average Bonchev–Trinajstić information content (AvgIpc) is 2.46. The van der Waals surface area contributed by atoms with E-state index in [0.29, 0.717) is 12.5 Å². The third-order valence-electron chi connectivity index (χ3n) is 3.93. The van der Waals surface area contributed by atoms with Crippen LogP contribution in [0.1, 0.15) is 32.3 Å². The van der Waals surface area contributed by atoms with Crippen LogP contribution in [0.25, 0.3) is 0 Å². The molecule has 110 valence electrons. The minimum atomic E-state index is -0.173. The molecule has 1 aliphatic heterocycles. The fraction of sp³-hybridized carbons (Fsp3) is 0.562. The Morgan fingerprint density at radius 2 is 2.25 bits per heavy atom. The normalized spacial score (nSPS) is 19.4. The minimum absolute atomic E-state index is 0.00167. The number of hydrogen-bond donors (Lipinski definition) is 2. The van der Waals surface area contributed by atoms with Gasteiger partial charge in [-0.25, -0.2) is 0 Å². The maximum atomic E-state index is 11.8. The third kappa shape index (κ3) is 3.51. The third-order valence-corrected chi connectivity index (χ3v) is 3.93. The number of carbonyl (C=O) groups is 1. The molecule has 2 unspecified atom stereocenters. The summed E-state index contributed by atoms with van der Waals surface area (Å²) < 4.78 is 0. The van der Waals surface area contributed by atoms with Gasteiger partial charge in [-0.2, -0.15) is 0 Å². The predicted octanol–water partition coefficient (Wildman–Crippen LogP) is 1.71. The van der Waals surface area contributed by atoms with E-state index in [-0.39, 0.29) is 18.6 Å². The van der Waals surface area contributed by atoms with E-state index < -0.39 is 0 Å². The van der Waals surface area contributed by atoms with Crippen molar-refractivity contribution in [3.63, 3.8) is 0 Å². The van der Waals surface area contributed by atoms with Crippen LogP contribution in [0, 0.1) is 0 Å². The highest BCUT2D eigenvalue weighted by Gasteiger charge is 2.22. The van der Waals surface area contributed by atoms with Gasteiger partial charge in [-0.05, 0) is 38.3 Å². The van der Waals surface area contributed by atoms with E-state index in [1.165, 1.54) is 11.3 Å². The molecule has 0 aromatic heterocycles. The second kappa shape index (κ2) is 6.75. The highest BCUT2D eigenvalue weighted by atomic mass is 16.3. The molecule has 0 fully saturated rings. The number of rotatable bonds is 5. The number of aliphatic hydroxyl groups is 1. The molecule has 2 N–H and O–H groups in total. The number of amides is 1. The zero-order chi connectivity index (χ0) is 14.5. The van der Waals surface area contributed by atoms with E-state index >= 15 is 0 Å². The van der Waals surface area contributed by atoms with Crippen molar-refractivity contribution in [3.05, 3.63) is 29.8 Å². The summed E-state index contributed by atoms with van der Waals surface area (Å²) in [6.07, 6.45) is 2.70. The van der Waals surface area contributed by atoms with E-state index in [0.717, 1.165) is 19.4 Å². The molecule has 0 radical (unpaired) electrons. The van der Waals surface area contributed by atoms with Crippen LogP contribution < -0.4 is 10.2 Å². The van der Waals surface area contributed by atoms with Crippen LogP contribution in [0.5, 0.6) is 0 Å². The SMILES string of the molecule is CC(CO)NC(=O)CCN1c2ccccc2CCC1C. The van der Waals surface area contributed by atoms with Gasteiger partial charge in [0.2, 0.25) is 5.91 Å². The van der Waals surface area contributed by atoms with Gasteiger partial charge in [0.05, 0.1) is 6.61 Å². The smallest absolute Gasteiger partial charge is 0.222 e. The molecule has 0 bridgehead atoms. The van der Waals surface area contributed by atoms with Crippen LogP contribution in [0.2, 0.25) is 0 Å². The number of hydrogen-bond acceptors (Lipinski definition) is 3. The Hall–Kier alpha value is -1.55. The van der Waals surface area contributed by atoms with E-state index in [4.69, 9.17) is 5.11 Å². The van der Waals surface area contributed by atoms with Crippen molar-refractivity contribution < 1.29 is 9.90 Å². The summed E-state index contributed by atoms with van der Waals surface area (Å²) in [5.41, 5.74) is 2.63. The van der Waals surface area contributed by atoms with Crippen LogP contribution in [-0.2, 0) is 11.2 Å². The number of carbonyl (C=O) groups excluding carboxylic acids is 1. The van der Waals surface area contributed by atoms with E-state index in [1.807, 2.05) is 0 Å².